The van der Waals surface area contributed by atoms with Gasteiger partial charge in [0.05, 0.1) is 10.8 Å². The van der Waals surface area contributed by atoms with Crippen LogP contribution in [-0.4, -0.2) is 69.5 Å². The van der Waals surface area contributed by atoms with Crippen LogP contribution in [0.2, 0.25) is 0 Å². The summed E-state index contributed by atoms with van der Waals surface area (Å²) in [5.74, 6) is 1.94. The number of thioether (sulfide) groups is 2. The van der Waals surface area contributed by atoms with E-state index in [4.69, 9.17) is 0 Å². The number of carbonyl (C=O) groups excluding carboxylic acids is 2. The number of phenolic OH excluding ortho intramolecular Hbond substituents is 2. The van der Waals surface area contributed by atoms with Crippen molar-refractivity contribution in [2.75, 3.05) is 37.7 Å². The molecule has 1 aliphatic rings. The fourth-order valence-corrected chi connectivity index (χ4v) is 5.66. The number of hydrogen-bond donors (Lipinski definition) is 2. The third-order valence-corrected chi connectivity index (χ3v) is 8.83. The minimum Gasteiger partial charge on any atom is -0.508 e. The van der Waals surface area contributed by atoms with Crippen LogP contribution in [0, 0.1) is 10.8 Å². The maximum atomic E-state index is 13.2. The lowest BCUT2D eigenvalue weighted by Crippen LogP contribution is -2.56. The van der Waals surface area contributed by atoms with Gasteiger partial charge in [-0.25, -0.2) is 0 Å². The van der Waals surface area contributed by atoms with Crippen LogP contribution in [0.25, 0.3) is 0 Å². The zero-order valence-electron chi connectivity index (χ0n) is 20.3. The lowest BCUT2D eigenvalue weighted by molar-refractivity contribution is -0.147. The van der Waals surface area contributed by atoms with Crippen molar-refractivity contribution in [2.45, 2.75) is 37.5 Å². The fraction of sp³-hybridized carbons (Fsp3) is 0.462. The van der Waals surface area contributed by atoms with Gasteiger partial charge in [0.15, 0.2) is 0 Å². The van der Waals surface area contributed by atoms with E-state index < -0.39 is 10.8 Å². The summed E-state index contributed by atoms with van der Waals surface area (Å²) in [5, 5.41) is 18.9. The normalized spacial score (nSPS) is 14.8. The highest BCUT2D eigenvalue weighted by Gasteiger charge is 2.37. The molecule has 0 aliphatic carbocycles. The number of piperazine rings is 1. The number of carbonyl (C=O) groups is 2. The van der Waals surface area contributed by atoms with Crippen molar-refractivity contribution in [3.05, 3.63) is 48.5 Å². The first-order chi connectivity index (χ1) is 16.0. The smallest absolute Gasteiger partial charge is 0.229 e. The third kappa shape index (κ3) is 6.85. The number of aromatic hydroxyl groups is 2. The SMILES string of the molecule is CC(C)(CSc1ccc(O)cc1)C(=O)N1CCN(C(=O)C(C)(C)CSc2ccc(O)cc2)CC1. The van der Waals surface area contributed by atoms with Gasteiger partial charge >= 0.3 is 0 Å². The summed E-state index contributed by atoms with van der Waals surface area (Å²) in [6, 6.07) is 14.0. The highest BCUT2D eigenvalue weighted by molar-refractivity contribution is 7.99. The molecule has 184 valence electrons. The number of amides is 2. The van der Waals surface area contributed by atoms with Crippen molar-refractivity contribution < 1.29 is 19.8 Å². The van der Waals surface area contributed by atoms with Crippen molar-refractivity contribution in [1.29, 1.82) is 0 Å². The van der Waals surface area contributed by atoms with E-state index in [1.165, 1.54) is 0 Å². The van der Waals surface area contributed by atoms with E-state index in [-0.39, 0.29) is 23.3 Å². The van der Waals surface area contributed by atoms with E-state index >= 15 is 0 Å². The van der Waals surface area contributed by atoms with Crippen LogP contribution in [0.3, 0.4) is 0 Å². The second-order valence-corrected chi connectivity index (χ2v) is 12.0. The average molecular weight is 503 g/mol. The van der Waals surface area contributed by atoms with E-state index in [9.17, 15) is 19.8 Å². The minimum atomic E-state index is -0.533. The molecule has 0 unspecified atom stereocenters. The van der Waals surface area contributed by atoms with Crippen LogP contribution < -0.4 is 0 Å². The Morgan fingerprint density at radius 1 is 0.676 bits per heavy atom. The minimum absolute atomic E-state index is 0.105. The molecule has 3 rings (SSSR count). The summed E-state index contributed by atoms with van der Waals surface area (Å²) >= 11 is 3.20. The molecule has 2 amide bonds. The van der Waals surface area contributed by atoms with Gasteiger partial charge in [-0.15, -0.1) is 23.5 Å². The van der Waals surface area contributed by atoms with Gasteiger partial charge in [-0.1, -0.05) is 27.7 Å². The Balaban J connectivity index is 1.49. The summed E-state index contributed by atoms with van der Waals surface area (Å²) in [5.41, 5.74) is -1.07. The second kappa shape index (κ2) is 11.0. The maximum absolute atomic E-state index is 13.2. The van der Waals surface area contributed by atoms with Gasteiger partial charge in [0.2, 0.25) is 11.8 Å². The molecule has 6 nitrogen and oxygen atoms in total. The molecule has 2 N–H and O–H groups in total. The Morgan fingerprint density at radius 3 is 1.26 bits per heavy atom. The molecule has 1 heterocycles. The summed E-state index contributed by atoms with van der Waals surface area (Å²) in [7, 11) is 0. The van der Waals surface area contributed by atoms with Crippen molar-refractivity contribution in [3.63, 3.8) is 0 Å². The van der Waals surface area contributed by atoms with Gasteiger partial charge in [0.25, 0.3) is 0 Å². The largest absolute Gasteiger partial charge is 0.508 e. The molecule has 0 radical (unpaired) electrons. The molecule has 0 bridgehead atoms. The van der Waals surface area contributed by atoms with E-state index in [1.54, 1.807) is 47.8 Å². The summed E-state index contributed by atoms with van der Waals surface area (Å²) in [6.45, 7) is 10.0. The van der Waals surface area contributed by atoms with Gasteiger partial charge in [-0.3, -0.25) is 9.59 Å². The summed E-state index contributed by atoms with van der Waals surface area (Å²) in [6.07, 6.45) is 0. The first-order valence-electron chi connectivity index (χ1n) is 11.4. The zero-order valence-corrected chi connectivity index (χ0v) is 21.9. The number of phenols is 2. The Kier molecular flexibility index (Phi) is 8.47. The van der Waals surface area contributed by atoms with Crippen LogP contribution in [0.4, 0.5) is 0 Å². The number of nitrogens with zero attached hydrogens (tertiary/aromatic N) is 2. The number of hydrogen-bond acceptors (Lipinski definition) is 6. The average Bonchev–Trinajstić information content (AvgIpc) is 2.82. The highest BCUT2D eigenvalue weighted by Crippen LogP contribution is 2.32. The molecule has 1 aliphatic heterocycles. The molecule has 2 aromatic rings. The molecule has 0 atom stereocenters. The van der Waals surface area contributed by atoms with E-state index in [2.05, 4.69) is 0 Å². The topological polar surface area (TPSA) is 81.1 Å². The lowest BCUT2D eigenvalue weighted by atomic mass is 9.92. The molecule has 0 aromatic heterocycles. The molecule has 1 fully saturated rings. The van der Waals surface area contributed by atoms with Crippen LogP contribution in [-0.2, 0) is 9.59 Å². The monoisotopic (exact) mass is 502 g/mol. The molecular formula is C26H34N2O4S2. The molecule has 34 heavy (non-hydrogen) atoms. The van der Waals surface area contributed by atoms with Crippen LogP contribution in [0.15, 0.2) is 58.3 Å². The van der Waals surface area contributed by atoms with Crippen LogP contribution in [0.1, 0.15) is 27.7 Å². The Labute approximate surface area is 210 Å². The van der Waals surface area contributed by atoms with Crippen LogP contribution in [0.5, 0.6) is 11.5 Å². The summed E-state index contributed by atoms with van der Waals surface area (Å²) in [4.78, 5) is 32.2. The Hall–Kier alpha value is -2.32. The van der Waals surface area contributed by atoms with Crippen molar-refractivity contribution in [1.82, 2.24) is 9.80 Å². The van der Waals surface area contributed by atoms with Crippen molar-refractivity contribution in [2.24, 2.45) is 10.8 Å². The lowest BCUT2D eigenvalue weighted by Gasteiger charge is -2.41. The van der Waals surface area contributed by atoms with Gasteiger partial charge in [-0.05, 0) is 48.5 Å². The molecule has 0 spiro atoms. The third-order valence-electron chi connectivity index (χ3n) is 5.88. The van der Waals surface area contributed by atoms with Gasteiger partial charge in [0, 0.05) is 47.5 Å². The van der Waals surface area contributed by atoms with E-state index in [1.807, 2.05) is 61.8 Å². The standard InChI is InChI=1S/C26H34N2O4S2/c1-25(2,17-33-21-9-5-19(29)6-10-21)23(31)27-13-15-28(16-14-27)24(32)26(3,4)18-34-22-11-7-20(30)8-12-22/h5-12,29-30H,13-18H2,1-4H3. The number of rotatable bonds is 8. The van der Waals surface area contributed by atoms with Gasteiger partial charge in [-0.2, -0.15) is 0 Å². The molecule has 0 saturated carbocycles. The molecule has 1 saturated heterocycles. The maximum Gasteiger partial charge on any atom is 0.229 e. The van der Waals surface area contributed by atoms with E-state index in [0.717, 1.165) is 9.79 Å². The highest BCUT2D eigenvalue weighted by atomic mass is 32.2. The molecular weight excluding hydrogens is 468 g/mol. The quantitative estimate of drug-likeness (QED) is 0.509. The number of benzene rings is 2. The second-order valence-electron chi connectivity index (χ2n) is 9.92. The Morgan fingerprint density at radius 2 is 0.971 bits per heavy atom. The molecule has 8 heteroatoms. The fourth-order valence-electron chi connectivity index (χ4n) is 3.70. The predicted molar refractivity (Wildman–Crippen MR) is 138 cm³/mol. The van der Waals surface area contributed by atoms with Crippen molar-refractivity contribution in [3.8, 4) is 11.5 Å². The van der Waals surface area contributed by atoms with Crippen LogP contribution >= 0.6 is 23.5 Å². The van der Waals surface area contributed by atoms with E-state index in [0.29, 0.717) is 37.7 Å². The van der Waals surface area contributed by atoms with Gasteiger partial charge in [0.1, 0.15) is 11.5 Å². The first-order valence-corrected chi connectivity index (χ1v) is 13.4. The van der Waals surface area contributed by atoms with Crippen molar-refractivity contribution >= 4 is 35.3 Å². The molecule has 2 aromatic carbocycles. The zero-order chi connectivity index (χ0) is 24.9. The first kappa shape index (κ1) is 26.3. The van der Waals surface area contributed by atoms with Gasteiger partial charge < -0.3 is 20.0 Å². The predicted octanol–water partition coefficient (Wildman–Crippen LogP) is 4.71. The summed E-state index contributed by atoms with van der Waals surface area (Å²) < 4.78 is 0. The Bertz CT molecular complexity index is 901.